The van der Waals surface area contributed by atoms with E-state index in [1.807, 2.05) is 18.2 Å². The SMILES string of the molecule is CC(N)=NN=Cc1ccccc1Cl. The van der Waals surface area contributed by atoms with Gasteiger partial charge in [-0.05, 0) is 13.0 Å². The minimum atomic E-state index is 0.420. The summed E-state index contributed by atoms with van der Waals surface area (Å²) in [5.74, 6) is 0.420. The first kappa shape index (κ1) is 9.74. The average Bonchev–Trinajstić information content (AvgIpc) is 2.08. The highest BCUT2D eigenvalue weighted by Gasteiger charge is 1.92. The lowest BCUT2D eigenvalue weighted by molar-refractivity contribution is 1.22. The molecule has 0 unspecified atom stereocenters. The Morgan fingerprint density at radius 3 is 2.77 bits per heavy atom. The third kappa shape index (κ3) is 3.25. The third-order valence-corrected chi connectivity index (χ3v) is 1.66. The minimum absolute atomic E-state index is 0.420. The van der Waals surface area contributed by atoms with Crippen LogP contribution in [-0.4, -0.2) is 12.1 Å². The Kier molecular flexibility index (Phi) is 3.46. The molecule has 1 aromatic rings. The van der Waals surface area contributed by atoms with Crippen LogP contribution in [0, 0.1) is 0 Å². The zero-order valence-corrected chi connectivity index (χ0v) is 7.99. The zero-order chi connectivity index (χ0) is 9.68. The van der Waals surface area contributed by atoms with Crippen molar-refractivity contribution in [1.29, 1.82) is 0 Å². The van der Waals surface area contributed by atoms with Crippen LogP contribution in [0.4, 0.5) is 0 Å². The van der Waals surface area contributed by atoms with E-state index in [2.05, 4.69) is 10.2 Å². The predicted molar refractivity (Wildman–Crippen MR) is 56.3 cm³/mol. The molecule has 0 aromatic heterocycles. The number of rotatable bonds is 2. The Labute approximate surface area is 81.9 Å². The molecule has 0 aliphatic heterocycles. The molecule has 0 saturated heterocycles. The Morgan fingerprint density at radius 1 is 1.46 bits per heavy atom. The maximum Gasteiger partial charge on any atom is 0.119 e. The summed E-state index contributed by atoms with van der Waals surface area (Å²) in [6.07, 6.45) is 1.57. The van der Waals surface area contributed by atoms with Gasteiger partial charge in [-0.25, -0.2) is 0 Å². The highest BCUT2D eigenvalue weighted by molar-refractivity contribution is 6.33. The lowest BCUT2D eigenvalue weighted by atomic mass is 10.2. The van der Waals surface area contributed by atoms with E-state index in [0.717, 1.165) is 5.56 Å². The Morgan fingerprint density at radius 2 is 2.15 bits per heavy atom. The van der Waals surface area contributed by atoms with Crippen LogP contribution in [0.15, 0.2) is 34.5 Å². The van der Waals surface area contributed by atoms with Crippen molar-refractivity contribution in [3.05, 3.63) is 34.9 Å². The molecule has 0 spiro atoms. The van der Waals surface area contributed by atoms with Crippen LogP contribution in [0.5, 0.6) is 0 Å². The average molecular weight is 196 g/mol. The molecular weight excluding hydrogens is 186 g/mol. The monoisotopic (exact) mass is 195 g/mol. The van der Waals surface area contributed by atoms with Crippen molar-refractivity contribution in [3.8, 4) is 0 Å². The van der Waals surface area contributed by atoms with Crippen LogP contribution < -0.4 is 5.73 Å². The van der Waals surface area contributed by atoms with Gasteiger partial charge in [0.15, 0.2) is 0 Å². The van der Waals surface area contributed by atoms with Gasteiger partial charge in [-0.15, -0.1) is 5.10 Å². The van der Waals surface area contributed by atoms with E-state index in [1.54, 1.807) is 19.2 Å². The third-order valence-electron chi connectivity index (χ3n) is 1.32. The van der Waals surface area contributed by atoms with Gasteiger partial charge in [-0.2, -0.15) is 5.10 Å². The van der Waals surface area contributed by atoms with E-state index in [1.165, 1.54) is 0 Å². The second kappa shape index (κ2) is 4.62. The number of halogens is 1. The summed E-state index contributed by atoms with van der Waals surface area (Å²) in [4.78, 5) is 0. The molecule has 0 radical (unpaired) electrons. The molecule has 0 atom stereocenters. The summed E-state index contributed by atoms with van der Waals surface area (Å²) >= 11 is 5.87. The van der Waals surface area contributed by atoms with Crippen molar-refractivity contribution < 1.29 is 0 Å². The van der Waals surface area contributed by atoms with Gasteiger partial charge < -0.3 is 5.73 Å². The molecule has 4 heteroatoms. The number of amidine groups is 1. The van der Waals surface area contributed by atoms with Crippen molar-refractivity contribution >= 4 is 23.7 Å². The summed E-state index contributed by atoms with van der Waals surface area (Å²) in [6, 6.07) is 7.39. The summed E-state index contributed by atoms with van der Waals surface area (Å²) in [5, 5.41) is 8.07. The first-order valence-electron chi connectivity index (χ1n) is 3.78. The summed E-state index contributed by atoms with van der Waals surface area (Å²) < 4.78 is 0. The van der Waals surface area contributed by atoms with Crippen molar-refractivity contribution in [3.63, 3.8) is 0 Å². The molecular formula is C9H10ClN3. The first-order chi connectivity index (χ1) is 6.20. The highest BCUT2D eigenvalue weighted by Crippen LogP contribution is 2.12. The Hall–Kier alpha value is -1.35. The highest BCUT2D eigenvalue weighted by atomic mass is 35.5. The van der Waals surface area contributed by atoms with E-state index in [0.29, 0.717) is 10.9 Å². The van der Waals surface area contributed by atoms with Crippen LogP contribution in [0.25, 0.3) is 0 Å². The molecule has 2 N–H and O–H groups in total. The molecule has 0 fully saturated rings. The predicted octanol–water partition coefficient (Wildman–Crippen LogP) is 2.05. The first-order valence-corrected chi connectivity index (χ1v) is 4.15. The molecule has 0 aliphatic carbocycles. The normalized spacial score (nSPS) is 12.3. The fraction of sp³-hybridized carbons (Fsp3) is 0.111. The summed E-state index contributed by atoms with van der Waals surface area (Å²) in [5.41, 5.74) is 6.13. The standard InChI is InChI=1S/C9H10ClN3/c1-7(11)13-12-6-8-4-2-3-5-9(8)10/h2-6H,1H3,(H2,11,13). The molecule has 0 bridgehead atoms. The Bertz CT molecular complexity index is 340. The topological polar surface area (TPSA) is 50.7 Å². The van der Waals surface area contributed by atoms with Crippen LogP contribution in [0.2, 0.25) is 5.02 Å². The van der Waals surface area contributed by atoms with E-state index in [9.17, 15) is 0 Å². The second-order valence-electron chi connectivity index (χ2n) is 2.51. The summed E-state index contributed by atoms with van der Waals surface area (Å²) in [7, 11) is 0. The van der Waals surface area contributed by atoms with E-state index >= 15 is 0 Å². The van der Waals surface area contributed by atoms with E-state index in [4.69, 9.17) is 17.3 Å². The largest absolute Gasteiger partial charge is 0.386 e. The second-order valence-corrected chi connectivity index (χ2v) is 2.91. The van der Waals surface area contributed by atoms with E-state index in [-0.39, 0.29) is 0 Å². The minimum Gasteiger partial charge on any atom is -0.386 e. The number of benzene rings is 1. The van der Waals surface area contributed by atoms with Crippen LogP contribution in [-0.2, 0) is 0 Å². The van der Waals surface area contributed by atoms with Gasteiger partial charge in [0.2, 0.25) is 0 Å². The molecule has 1 rings (SSSR count). The number of hydrogen-bond donors (Lipinski definition) is 1. The maximum absolute atomic E-state index is 5.87. The molecule has 1 aromatic carbocycles. The number of nitrogens with zero attached hydrogens (tertiary/aromatic N) is 2. The van der Waals surface area contributed by atoms with Crippen LogP contribution >= 0.6 is 11.6 Å². The number of hydrogen-bond acceptors (Lipinski definition) is 2. The lowest BCUT2D eigenvalue weighted by Crippen LogP contribution is -2.03. The van der Waals surface area contributed by atoms with Gasteiger partial charge in [0.25, 0.3) is 0 Å². The van der Waals surface area contributed by atoms with Crippen molar-refractivity contribution in [2.24, 2.45) is 15.9 Å². The zero-order valence-electron chi connectivity index (χ0n) is 7.24. The van der Waals surface area contributed by atoms with Gasteiger partial charge in [0, 0.05) is 10.6 Å². The van der Waals surface area contributed by atoms with Crippen molar-refractivity contribution in [2.75, 3.05) is 0 Å². The Balaban J connectivity index is 2.80. The fourth-order valence-electron chi connectivity index (χ4n) is 0.762. The quantitative estimate of drug-likeness (QED) is 0.438. The van der Waals surface area contributed by atoms with Crippen molar-refractivity contribution in [2.45, 2.75) is 6.92 Å². The van der Waals surface area contributed by atoms with Gasteiger partial charge in [0.1, 0.15) is 5.84 Å². The fourth-order valence-corrected chi connectivity index (χ4v) is 0.946. The molecule has 0 heterocycles. The van der Waals surface area contributed by atoms with Gasteiger partial charge >= 0.3 is 0 Å². The lowest BCUT2D eigenvalue weighted by Gasteiger charge is -1.93. The molecule has 13 heavy (non-hydrogen) atoms. The van der Waals surface area contributed by atoms with Gasteiger partial charge in [-0.3, -0.25) is 0 Å². The maximum atomic E-state index is 5.87. The number of nitrogens with two attached hydrogens (primary N) is 1. The van der Waals surface area contributed by atoms with E-state index < -0.39 is 0 Å². The van der Waals surface area contributed by atoms with Crippen LogP contribution in [0.1, 0.15) is 12.5 Å². The molecule has 3 nitrogen and oxygen atoms in total. The molecule has 68 valence electrons. The molecule has 0 aliphatic rings. The van der Waals surface area contributed by atoms with Gasteiger partial charge in [0.05, 0.1) is 6.21 Å². The smallest absolute Gasteiger partial charge is 0.119 e. The van der Waals surface area contributed by atoms with Crippen LogP contribution in [0.3, 0.4) is 0 Å². The summed E-state index contributed by atoms with van der Waals surface area (Å²) in [6.45, 7) is 1.67. The van der Waals surface area contributed by atoms with Crippen molar-refractivity contribution in [1.82, 2.24) is 0 Å². The molecule has 0 amide bonds. The van der Waals surface area contributed by atoms with Gasteiger partial charge in [-0.1, -0.05) is 29.8 Å². The molecule has 0 saturated carbocycles.